The molecule has 6 aromatic rings. The molecule has 0 amide bonds. The van der Waals surface area contributed by atoms with Crippen molar-refractivity contribution in [2.24, 2.45) is 29.6 Å². The summed E-state index contributed by atoms with van der Waals surface area (Å²) in [7, 11) is -1.40. The summed E-state index contributed by atoms with van der Waals surface area (Å²) in [6.07, 6.45) is 13.0. The molecule has 0 spiro atoms. The molecule has 4 saturated carbocycles. The predicted molar refractivity (Wildman–Crippen MR) is 208 cm³/mol. The molecule has 0 atom stereocenters. The number of aromatic nitrogens is 3. The molecule has 4 nitrogen and oxygen atoms in total. The fraction of sp³-hybridized carbons (Fsp3) is 0.400. The topological polar surface area (TPSA) is 51.8 Å². The zero-order chi connectivity index (χ0) is 34.6. The monoisotopic (exact) mass is 868 g/mol. The predicted octanol–water partition coefficient (Wildman–Crippen LogP) is 11.0. The van der Waals surface area contributed by atoms with Gasteiger partial charge in [-0.3, -0.25) is 0 Å². The van der Waals surface area contributed by atoms with Gasteiger partial charge in [0.25, 0.3) is 0 Å². The van der Waals surface area contributed by atoms with Crippen LogP contribution in [0.15, 0.2) is 83.5 Å². The van der Waals surface area contributed by atoms with Crippen molar-refractivity contribution < 1.29 is 24.5 Å². The Morgan fingerprint density at radius 2 is 1.59 bits per heavy atom. The summed E-state index contributed by atoms with van der Waals surface area (Å²) in [5, 5.41) is 3.66. The largest absolute Gasteiger partial charge is 0.486 e. The smallest absolute Gasteiger partial charge is 0.216 e. The number of pyridine rings is 3. The molecule has 4 bridgehead atoms. The molecule has 0 N–H and O–H groups in total. The minimum absolute atomic E-state index is 0. The molecule has 6 heteroatoms. The maximum atomic E-state index is 6.04. The first-order valence-corrected chi connectivity index (χ1v) is 22.2. The molecule has 0 aliphatic heterocycles. The third kappa shape index (κ3) is 7.30. The van der Waals surface area contributed by atoms with Gasteiger partial charge in [0.05, 0.1) is 13.7 Å². The Kier molecular flexibility index (Phi) is 10.2. The quantitative estimate of drug-likeness (QED) is 0.124. The third-order valence-electron chi connectivity index (χ3n) is 11.8. The second kappa shape index (κ2) is 14.5. The molecule has 51 heavy (non-hydrogen) atoms. The summed E-state index contributed by atoms with van der Waals surface area (Å²) in [6.45, 7) is 13.7. The Balaban J connectivity index is 0.000000158. The minimum Gasteiger partial charge on any atom is -0.486 e. The number of benzene rings is 2. The van der Waals surface area contributed by atoms with Crippen molar-refractivity contribution >= 4 is 35.3 Å². The van der Waals surface area contributed by atoms with Gasteiger partial charge in [-0.05, 0) is 116 Å². The van der Waals surface area contributed by atoms with Crippen LogP contribution >= 0.6 is 0 Å². The summed E-state index contributed by atoms with van der Waals surface area (Å²) in [5.74, 6) is 5.49. The van der Waals surface area contributed by atoms with Crippen molar-refractivity contribution in [1.82, 2.24) is 15.0 Å². The Labute approximate surface area is 318 Å². The van der Waals surface area contributed by atoms with Gasteiger partial charge in [0, 0.05) is 43.6 Å². The van der Waals surface area contributed by atoms with Gasteiger partial charge < -0.3 is 14.4 Å². The van der Waals surface area contributed by atoms with E-state index in [1.54, 1.807) is 17.2 Å². The van der Waals surface area contributed by atoms with E-state index in [9.17, 15) is 0 Å². The Morgan fingerprint density at radius 1 is 0.824 bits per heavy atom. The summed E-state index contributed by atoms with van der Waals surface area (Å²) in [5.41, 5.74) is 9.29. The fourth-order valence-electron chi connectivity index (χ4n) is 9.51. The molecular weight excluding hydrogens is 819 g/mol. The van der Waals surface area contributed by atoms with E-state index in [0.29, 0.717) is 11.6 Å². The molecular formula is C45H49IrN3OSi-2. The van der Waals surface area contributed by atoms with Crippen LogP contribution in [0.2, 0.25) is 19.6 Å². The molecule has 265 valence electrons. The zero-order valence-corrected chi connectivity index (χ0v) is 34.2. The molecule has 10 rings (SSSR count). The molecule has 0 unspecified atom stereocenters. The van der Waals surface area contributed by atoms with Gasteiger partial charge in [0.15, 0.2) is 0 Å². The van der Waals surface area contributed by atoms with Crippen LogP contribution in [0.3, 0.4) is 0 Å². The second-order valence-corrected chi connectivity index (χ2v) is 21.7. The van der Waals surface area contributed by atoms with E-state index in [2.05, 4.69) is 98.2 Å². The molecule has 2 aromatic carbocycles. The average Bonchev–Trinajstić information content (AvgIpc) is 3.47. The fourth-order valence-corrected chi connectivity index (χ4v) is 11.1. The average molecular weight is 868 g/mol. The van der Waals surface area contributed by atoms with Gasteiger partial charge in [-0.15, -0.1) is 54.1 Å². The van der Waals surface area contributed by atoms with Crippen molar-refractivity contribution in [1.29, 1.82) is 0 Å². The van der Waals surface area contributed by atoms with E-state index in [0.717, 1.165) is 74.2 Å². The van der Waals surface area contributed by atoms with E-state index in [4.69, 9.17) is 9.40 Å². The maximum absolute atomic E-state index is 6.04. The number of fused-ring (bicyclic) bond motifs is 3. The van der Waals surface area contributed by atoms with Gasteiger partial charge in [-0.25, -0.2) is 4.98 Å². The number of aryl methyl sites for hydroxylation is 1. The number of hydrogen-bond donors (Lipinski definition) is 0. The molecule has 4 aliphatic carbocycles. The minimum atomic E-state index is -1.40. The van der Waals surface area contributed by atoms with Gasteiger partial charge in [-0.1, -0.05) is 67.7 Å². The van der Waals surface area contributed by atoms with Crippen LogP contribution in [0.4, 0.5) is 0 Å². The first kappa shape index (κ1) is 35.9. The third-order valence-corrected chi connectivity index (χ3v) is 13.9. The van der Waals surface area contributed by atoms with Crippen molar-refractivity contribution in [3.05, 3.63) is 108 Å². The van der Waals surface area contributed by atoms with Crippen LogP contribution in [0.25, 0.3) is 44.6 Å². The van der Waals surface area contributed by atoms with Crippen molar-refractivity contribution in [3.63, 3.8) is 0 Å². The van der Waals surface area contributed by atoms with Crippen LogP contribution in [-0.4, -0.2) is 23.0 Å². The van der Waals surface area contributed by atoms with E-state index in [-0.39, 0.29) is 20.1 Å². The van der Waals surface area contributed by atoms with Gasteiger partial charge in [0.1, 0.15) is 0 Å². The standard InChI is InChI=1S/C25H32NSi.C20H17N2O.Ir/c1-27(2,3)25-16-26-24(19-7-5-4-6-8-19)15-22(25)14-23-20-10-17-9-18(12-20)13-21(23)11-17;1-12(2)14-9-10-21-18(11-14)17-6-4-5-15-16-8-7-13(3)22-20(16)23-19(15)17;/h4-7,15-18,20-21,23H,9-14H2,1-3H3;4-5,7-12H,1-3H3;/q2*-1;. The summed E-state index contributed by atoms with van der Waals surface area (Å²) in [4.78, 5) is 13.9. The van der Waals surface area contributed by atoms with Gasteiger partial charge in [-0.2, -0.15) is 0 Å². The summed E-state index contributed by atoms with van der Waals surface area (Å²) < 4.78 is 6.04. The van der Waals surface area contributed by atoms with Crippen molar-refractivity contribution in [3.8, 4) is 22.5 Å². The zero-order valence-electron chi connectivity index (χ0n) is 30.8. The Bertz CT molecular complexity index is 2120. The number of nitrogens with zero attached hydrogens (tertiary/aromatic N) is 3. The van der Waals surface area contributed by atoms with Gasteiger partial charge >= 0.3 is 0 Å². The molecule has 4 aliphatic rings. The van der Waals surface area contributed by atoms with Crippen molar-refractivity contribution in [2.45, 2.75) is 84.9 Å². The van der Waals surface area contributed by atoms with Crippen LogP contribution in [0.1, 0.15) is 68.7 Å². The summed E-state index contributed by atoms with van der Waals surface area (Å²) in [6, 6.07) is 29.5. The molecule has 4 heterocycles. The van der Waals surface area contributed by atoms with Gasteiger partial charge in [0.2, 0.25) is 5.71 Å². The maximum Gasteiger partial charge on any atom is 0.216 e. The number of rotatable bonds is 6. The SMILES string of the molecule is C[Si](C)(C)c1cnc(-c2[c-]cccc2)cc1CC1C2CC3CC(C2)CC1C3.Cc1ccc2c(n1)oc1c(-c3cc(C(C)C)ccn3)[c-]ccc12.[Ir]. The summed E-state index contributed by atoms with van der Waals surface area (Å²) >= 11 is 0. The Morgan fingerprint density at radius 3 is 2.27 bits per heavy atom. The molecule has 1 radical (unpaired) electrons. The first-order chi connectivity index (χ1) is 24.1. The van der Waals surface area contributed by atoms with E-state index in [1.807, 2.05) is 43.5 Å². The van der Waals surface area contributed by atoms with Crippen molar-refractivity contribution in [2.75, 3.05) is 0 Å². The van der Waals surface area contributed by atoms with Crippen LogP contribution in [0, 0.1) is 48.6 Å². The van der Waals surface area contributed by atoms with Crippen LogP contribution in [-0.2, 0) is 26.5 Å². The molecule has 4 fully saturated rings. The van der Waals surface area contributed by atoms with E-state index in [1.165, 1.54) is 37.7 Å². The van der Waals surface area contributed by atoms with Crippen LogP contribution < -0.4 is 5.19 Å². The number of hydrogen-bond acceptors (Lipinski definition) is 4. The molecule has 0 saturated heterocycles. The first-order valence-electron chi connectivity index (χ1n) is 18.7. The normalized spacial score (nSPS) is 22.2. The molecule has 4 aromatic heterocycles. The van der Waals surface area contributed by atoms with E-state index >= 15 is 0 Å². The number of furan rings is 1. The Hall–Kier alpha value is -3.44. The van der Waals surface area contributed by atoms with E-state index < -0.39 is 8.07 Å². The second-order valence-electron chi connectivity index (χ2n) is 16.7. The van der Waals surface area contributed by atoms with Crippen LogP contribution in [0.5, 0.6) is 0 Å².